The number of morpholine rings is 1. The van der Waals surface area contributed by atoms with Crippen LogP contribution in [0.1, 0.15) is 11.7 Å². The molecule has 1 aliphatic heterocycles. The van der Waals surface area contributed by atoms with E-state index in [1.54, 1.807) is 6.07 Å². The first-order valence-electron chi connectivity index (χ1n) is 8.26. The second-order valence-corrected chi connectivity index (χ2v) is 7.01. The van der Waals surface area contributed by atoms with Crippen molar-refractivity contribution in [3.05, 3.63) is 64.4 Å². The predicted octanol–water partition coefficient (Wildman–Crippen LogP) is 3.82. The second-order valence-electron chi connectivity index (χ2n) is 6.09. The van der Waals surface area contributed by atoms with E-state index in [0.29, 0.717) is 19.7 Å². The average Bonchev–Trinajstić information content (AvgIpc) is 2.61. The van der Waals surface area contributed by atoms with Crippen LogP contribution in [0, 0.1) is 5.82 Å². The molecular weight excluding hydrogens is 425 g/mol. The van der Waals surface area contributed by atoms with Crippen LogP contribution in [0.4, 0.5) is 4.39 Å². The number of aliphatic hydroxyl groups is 1. The topological polar surface area (TPSA) is 41.9 Å². The van der Waals surface area contributed by atoms with Crippen LogP contribution in [-0.2, 0) is 4.74 Å². The Morgan fingerprint density at radius 2 is 2.04 bits per heavy atom. The van der Waals surface area contributed by atoms with Crippen LogP contribution in [0.3, 0.4) is 0 Å². The van der Waals surface area contributed by atoms with Crippen LogP contribution >= 0.6 is 28.3 Å². The van der Waals surface area contributed by atoms with Crippen LogP contribution in [0.15, 0.2) is 53.0 Å². The number of hydrogen-bond donors (Lipinski definition) is 1. The molecule has 2 aromatic rings. The van der Waals surface area contributed by atoms with Gasteiger partial charge in [-0.3, -0.25) is 4.90 Å². The molecule has 1 N–H and O–H groups in total. The average molecular weight is 447 g/mol. The van der Waals surface area contributed by atoms with E-state index in [2.05, 4.69) is 20.8 Å². The lowest BCUT2D eigenvalue weighted by atomic mass is 10.1. The summed E-state index contributed by atoms with van der Waals surface area (Å²) in [5.74, 6) is 0.461. The Morgan fingerprint density at radius 1 is 1.27 bits per heavy atom. The van der Waals surface area contributed by atoms with E-state index in [1.807, 2.05) is 30.3 Å². The quantitative estimate of drug-likeness (QED) is 0.732. The zero-order valence-electron chi connectivity index (χ0n) is 14.2. The number of hydrogen-bond acceptors (Lipinski definition) is 4. The van der Waals surface area contributed by atoms with Gasteiger partial charge in [-0.25, -0.2) is 4.39 Å². The molecule has 0 amide bonds. The highest BCUT2D eigenvalue weighted by molar-refractivity contribution is 9.10. The molecule has 0 aromatic heterocycles. The highest BCUT2D eigenvalue weighted by atomic mass is 79.9. The molecule has 7 heteroatoms. The summed E-state index contributed by atoms with van der Waals surface area (Å²) < 4.78 is 25.7. The first kappa shape index (κ1) is 21.1. The Hall–Kier alpha value is -1.18. The molecule has 26 heavy (non-hydrogen) atoms. The zero-order valence-corrected chi connectivity index (χ0v) is 16.6. The molecule has 1 aliphatic rings. The van der Waals surface area contributed by atoms with Gasteiger partial charge in [0.1, 0.15) is 24.3 Å². The van der Waals surface area contributed by atoms with Crippen molar-refractivity contribution in [1.82, 2.24) is 4.90 Å². The summed E-state index contributed by atoms with van der Waals surface area (Å²) in [5.41, 5.74) is 0.824. The van der Waals surface area contributed by atoms with Gasteiger partial charge >= 0.3 is 0 Å². The molecule has 1 heterocycles. The first-order valence-corrected chi connectivity index (χ1v) is 9.05. The molecule has 0 bridgehead atoms. The van der Waals surface area contributed by atoms with E-state index < -0.39 is 6.10 Å². The number of aliphatic hydroxyl groups excluding tert-OH is 1. The van der Waals surface area contributed by atoms with E-state index in [9.17, 15) is 9.50 Å². The fraction of sp³-hybridized carbons (Fsp3) is 0.368. The number of β-amino-alcohol motifs (C(OH)–C–C–N with tert-alkyl or cyclic N) is 1. The largest absolute Gasteiger partial charge is 0.491 e. The molecular formula is C19H22BrClFNO3. The third kappa shape index (κ3) is 6.21. The molecule has 1 fully saturated rings. The highest BCUT2D eigenvalue weighted by Gasteiger charge is 2.24. The SMILES string of the molecule is Cl.OC(COc1ccc(Br)cc1)CN1CCOC(c2cccc(F)c2)C1. The Balaban J connectivity index is 0.00000243. The standard InChI is InChI=1S/C19H21BrFNO3.ClH/c20-15-4-6-18(7-5-15)25-13-17(23)11-22-8-9-24-19(12-22)14-2-1-3-16(21)10-14;/h1-7,10,17,19,23H,8-9,11-13H2;1H. The normalized spacial score (nSPS) is 18.8. The van der Waals surface area contributed by atoms with Gasteiger partial charge in [0.25, 0.3) is 0 Å². The summed E-state index contributed by atoms with van der Waals surface area (Å²) in [6.07, 6.45) is -0.779. The fourth-order valence-electron chi connectivity index (χ4n) is 2.85. The molecule has 2 unspecified atom stereocenters. The van der Waals surface area contributed by atoms with Crippen LogP contribution in [0.5, 0.6) is 5.75 Å². The zero-order chi connectivity index (χ0) is 17.6. The third-order valence-corrected chi connectivity index (χ3v) is 4.62. The van der Waals surface area contributed by atoms with Gasteiger partial charge in [-0.2, -0.15) is 0 Å². The summed E-state index contributed by atoms with van der Waals surface area (Å²) in [6.45, 7) is 2.64. The van der Waals surface area contributed by atoms with Crippen molar-refractivity contribution in [1.29, 1.82) is 0 Å². The predicted molar refractivity (Wildman–Crippen MR) is 104 cm³/mol. The lowest BCUT2D eigenvalue weighted by molar-refractivity contribution is -0.0460. The van der Waals surface area contributed by atoms with Crippen molar-refractivity contribution >= 4 is 28.3 Å². The molecule has 2 atom stereocenters. The van der Waals surface area contributed by atoms with Crippen molar-refractivity contribution in [3.8, 4) is 5.75 Å². The molecule has 4 nitrogen and oxygen atoms in total. The smallest absolute Gasteiger partial charge is 0.123 e. The minimum atomic E-state index is -0.602. The third-order valence-electron chi connectivity index (χ3n) is 4.10. The van der Waals surface area contributed by atoms with Gasteiger partial charge in [0.05, 0.1) is 12.7 Å². The molecule has 142 valence electrons. The Bertz CT molecular complexity index is 689. The van der Waals surface area contributed by atoms with Gasteiger partial charge in [0.15, 0.2) is 0 Å². The number of halogens is 3. The van der Waals surface area contributed by atoms with Crippen LogP contribution in [0.25, 0.3) is 0 Å². The molecule has 3 rings (SSSR count). The summed E-state index contributed by atoms with van der Waals surface area (Å²) in [4.78, 5) is 2.12. The number of nitrogens with zero attached hydrogens (tertiary/aromatic N) is 1. The summed E-state index contributed by atoms with van der Waals surface area (Å²) in [6, 6.07) is 14.0. The summed E-state index contributed by atoms with van der Waals surface area (Å²) in [7, 11) is 0. The van der Waals surface area contributed by atoms with Crippen LogP contribution in [0.2, 0.25) is 0 Å². The van der Waals surface area contributed by atoms with Gasteiger partial charge < -0.3 is 14.6 Å². The van der Waals surface area contributed by atoms with Gasteiger partial charge in [-0.05, 0) is 42.0 Å². The number of rotatable bonds is 6. The molecule has 0 spiro atoms. The van der Waals surface area contributed by atoms with E-state index in [0.717, 1.165) is 22.3 Å². The van der Waals surface area contributed by atoms with E-state index >= 15 is 0 Å². The minimum absolute atomic E-state index is 0. The van der Waals surface area contributed by atoms with Crippen LogP contribution < -0.4 is 4.74 Å². The highest BCUT2D eigenvalue weighted by Crippen LogP contribution is 2.23. The minimum Gasteiger partial charge on any atom is -0.491 e. The monoisotopic (exact) mass is 445 g/mol. The number of ether oxygens (including phenoxy) is 2. The second kappa shape index (κ2) is 10.2. The Labute approximate surface area is 167 Å². The molecule has 2 aromatic carbocycles. The van der Waals surface area contributed by atoms with Gasteiger partial charge in [0.2, 0.25) is 0 Å². The lowest BCUT2D eigenvalue weighted by Gasteiger charge is -2.34. The first-order chi connectivity index (χ1) is 12.1. The molecule has 1 saturated heterocycles. The Kier molecular flexibility index (Phi) is 8.31. The van der Waals surface area contributed by atoms with E-state index in [1.165, 1.54) is 12.1 Å². The van der Waals surface area contributed by atoms with Crippen molar-refractivity contribution < 1.29 is 19.0 Å². The van der Waals surface area contributed by atoms with Gasteiger partial charge in [-0.1, -0.05) is 28.1 Å². The summed E-state index contributed by atoms with van der Waals surface area (Å²) >= 11 is 3.37. The summed E-state index contributed by atoms with van der Waals surface area (Å²) in [5, 5.41) is 10.2. The van der Waals surface area contributed by atoms with Crippen molar-refractivity contribution in [2.45, 2.75) is 12.2 Å². The maximum absolute atomic E-state index is 13.4. The number of benzene rings is 2. The maximum atomic E-state index is 13.4. The Morgan fingerprint density at radius 3 is 2.77 bits per heavy atom. The van der Waals surface area contributed by atoms with Crippen molar-refractivity contribution in [3.63, 3.8) is 0 Å². The van der Waals surface area contributed by atoms with Crippen molar-refractivity contribution in [2.75, 3.05) is 32.8 Å². The molecule has 0 radical (unpaired) electrons. The molecule has 0 aliphatic carbocycles. The van der Waals surface area contributed by atoms with Gasteiger partial charge in [0, 0.05) is 24.1 Å². The van der Waals surface area contributed by atoms with E-state index in [4.69, 9.17) is 9.47 Å². The maximum Gasteiger partial charge on any atom is 0.123 e. The lowest BCUT2D eigenvalue weighted by Crippen LogP contribution is -2.43. The van der Waals surface area contributed by atoms with Gasteiger partial charge in [-0.15, -0.1) is 12.4 Å². The van der Waals surface area contributed by atoms with Crippen LogP contribution in [-0.4, -0.2) is 49.0 Å². The van der Waals surface area contributed by atoms with E-state index in [-0.39, 0.29) is 30.9 Å². The molecule has 0 saturated carbocycles. The fourth-order valence-corrected chi connectivity index (χ4v) is 3.12. The van der Waals surface area contributed by atoms with Crippen molar-refractivity contribution in [2.24, 2.45) is 0 Å².